The molecule has 1 unspecified atom stereocenters. The Morgan fingerprint density at radius 1 is 1.64 bits per heavy atom. The van der Waals surface area contributed by atoms with Crippen LogP contribution < -0.4 is 35.3 Å². The Balaban J connectivity index is 0. The molecule has 0 aliphatic heterocycles. The fraction of sp³-hybridized carbons (Fsp3) is 0.667. The molecule has 0 aliphatic carbocycles. The molecule has 11 heavy (non-hydrogen) atoms. The van der Waals surface area contributed by atoms with Gasteiger partial charge in [0.15, 0.2) is 0 Å². The van der Waals surface area contributed by atoms with Gasteiger partial charge in [-0.1, -0.05) is 0 Å². The van der Waals surface area contributed by atoms with Crippen LogP contribution in [0.4, 0.5) is 0 Å². The molecule has 6 nitrogen and oxygen atoms in total. The van der Waals surface area contributed by atoms with Gasteiger partial charge in [0.1, 0.15) is 6.04 Å². The van der Waals surface area contributed by atoms with E-state index >= 15 is 0 Å². The maximum Gasteiger partial charge on any atom is 1.00 e. The molecule has 0 amide bonds. The van der Waals surface area contributed by atoms with Gasteiger partial charge in [0, 0.05) is 0 Å². The topological polar surface area (TPSA) is 121 Å². The van der Waals surface area contributed by atoms with E-state index in [0.29, 0.717) is 0 Å². The Morgan fingerprint density at radius 3 is 2.09 bits per heavy atom. The zero-order valence-electron chi connectivity index (χ0n) is 5.85. The summed E-state index contributed by atoms with van der Waals surface area (Å²) in [6.45, 7) is 0. The predicted octanol–water partition coefficient (Wildman–Crippen LogP) is -5.05. The fourth-order valence-corrected chi connectivity index (χ4v) is 0.874. The fourth-order valence-electron chi connectivity index (χ4n) is 0.291. The SMILES string of the molecule is NC(CS(=O)(=O)[O-])C(=O)O.[Na+]. The number of carboxylic acids is 1. The smallest absolute Gasteiger partial charge is 0.748 e. The summed E-state index contributed by atoms with van der Waals surface area (Å²) in [5, 5.41) is 8.02. The van der Waals surface area contributed by atoms with Crippen LogP contribution in [0.2, 0.25) is 0 Å². The molecule has 0 aromatic carbocycles. The molecule has 0 saturated heterocycles. The Kier molecular flexibility index (Phi) is 6.40. The van der Waals surface area contributed by atoms with E-state index in [-0.39, 0.29) is 29.6 Å². The van der Waals surface area contributed by atoms with Gasteiger partial charge in [-0.05, 0) is 0 Å². The van der Waals surface area contributed by atoms with Crippen LogP contribution in [0.5, 0.6) is 0 Å². The molecule has 60 valence electrons. The van der Waals surface area contributed by atoms with E-state index in [2.05, 4.69) is 0 Å². The van der Waals surface area contributed by atoms with Crippen molar-refractivity contribution in [3.8, 4) is 0 Å². The second kappa shape index (κ2) is 5.07. The number of hydrogen-bond donors (Lipinski definition) is 2. The van der Waals surface area contributed by atoms with Crippen LogP contribution in [0, 0.1) is 0 Å². The summed E-state index contributed by atoms with van der Waals surface area (Å²) in [7, 11) is -4.52. The van der Waals surface area contributed by atoms with Crippen molar-refractivity contribution >= 4 is 16.1 Å². The van der Waals surface area contributed by atoms with Crippen molar-refractivity contribution in [2.45, 2.75) is 6.04 Å². The van der Waals surface area contributed by atoms with Gasteiger partial charge < -0.3 is 15.4 Å². The summed E-state index contributed by atoms with van der Waals surface area (Å²) in [4.78, 5) is 9.85. The van der Waals surface area contributed by atoms with Gasteiger partial charge in [0.2, 0.25) is 0 Å². The van der Waals surface area contributed by atoms with Gasteiger partial charge in [0.05, 0.1) is 15.9 Å². The van der Waals surface area contributed by atoms with Crippen molar-refractivity contribution in [1.29, 1.82) is 0 Å². The number of rotatable bonds is 3. The van der Waals surface area contributed by atoms with Crippen molar-refractivity contribution in [3.05, 3.63) is 0 Å². The third-order valence-electron chi connectivity index (χ3n) is 0.701. The van der Waals surface area contributed by atoms with Gasteiger partial charge in [-0.3, -0.25) is 4.79 Å². The first-order valence-electron chi connectivity index (χ1n) is 2.25. The van der Waals surface area contributed by atoms with Crippen molar-refractivity contribution in [2.75, 3.05) is 5.75 Å². The molecular weight excluding hydrogens is 185 g/mol. The Morgan fingerprint density at radius 2 is 2.00 bits per heavy atom. The van der Waals surface area contributed by atoms with Gasteiger partial charge in [0.25, 0.3) is 0 Å². The second-order valence-corrected chi connectivity index (χ2v) is 3.12. The van der Waals surface area contributed by atoms with Gasteiger partial charge in [-0.15, -0.1) is 0 Å². The van der Waals surface area contributed by atoms with Gasteiger partial charge >= 0.3 is 35.5 Å². The summed E-state index contributed by atoms with van der Waals surface area (Å²) >= 11 is 0. The standard InChI is InChI=1S/C3H7NO5S.Na/c4-2(3(5)6)1-10(7,8)9;/h2H,1,4H2,(H,5,6)(H,7,8,9);/q;+1/p-1. The molecule has 8 heteroatoms. The zero-order chi connectivity index (χ0) is 8.36. The van der Waals surface area contributed by atoms with E-state index in [1.807, 2.05) is 0 Å². The summed E-state index contributed by atoms with van der Waals surface area (Å²) in [5.41, 5.74) is 4.72. The molecular formula is C3H6NNaO5S. The van der Waals surface area contributed by atoms with Crippen LogP contribution in [0.25, 0.3) is 0 Å². The second-order valence-electron chi connectivity index (χ2n) is 1.67. The number of hydrogen-bond acceptors (Lipinski definition) is 5. The minimum atomic E-state index is -4.52. The third kappa shape index (κ3) is 8.24. The summed E-state index contributed by atoms with van der Waals surface area (Å²) in [6, 6.07) is -1.62. The van der Waals surface area contributed by atoms with E-state index in [1.165, 1.54) is 0 Å². The van der Waals surface area contributed by atoms with Gasteiger partial charge in [-0.2, -0.15) is 0 Å². The largest absolute Gasteiger partial charge is 1.00 e. The monoisotopic (exact) mass is 191 g/mol. The molecule has 0 radical (unpaired) electrons. The molecule has 0 heterocycles. The number of carbonyl (C=O) groups is 1. The van der Waals surface area contributed by atoms with E-state index in [1.54, 1.807) is 0 Å². The summed E-state index contributed by atoms with van der Waals surface area (Å²) < 4.78 is 29.5. The molecule has 0 spiro atoms. The zero-order valence-corrected chi connectivity index (χ0v) is 8.67. The molecule has 0 aliphatic rings. The molecule has 1 atom stereocenters. The number of nitrogens with two attached hydrogens (primary N) is 1. The van der Waals surface area contributed by atoms with E-state index in [9.17, 15) is 17.8 Å². The quantitative estimate of drug-likeness (QED) is 0.340. The maximum atomic E-state index is 9.85. The van der Waals surface area contributed by atoms with Crippen molar-refractivity contribution in [3.63, 3.8) is 0 Å². The third-order valence-corrected chi connectivity index (χ3v) is 1.47. The van der Waals surface area contributed by atoms with Crippen LogP contribution >= 0.6 is 0 Å². The molecule has 0 fully saturated rings. The van der Waals surface area contributed by atoms with Crippen LogP contribution in [-0.4, -0.2) is 35.8 Å². The molecule has 0 aromatic rings. The summed E-state index contributed by atoms with van der Waals surface area (Å²) in [6.07, 6.45) is 0. The van der Waals surface area contributed by atoms with E-state index < -0.39 is 27.9 Å². The van der Waals surface area contributed by atoms with Gasteiger partial charge in [-0.25, -0.2) is 8.42 Å². The molecule has 0 saturated carbocycles. The predicted molar refractivity (Wildman–Crippen MR) is 30.2 cm³/mol. The minimum absolute atomic E-state index is 0. The van der Waals surface area contributed by atoms with Crippen LogP contribution in [0.15, 0.2) is 0 Å². The maximum absolute atomic E-state index is 9.85. The number of aliphatic carboxylic acids is 1. The molecule has 3 N–H and O–H groups in total. The summed E-state index contributed by atoms with van der Waals surface area (Å²) in [5.74, 6) is -2.57. The first-order chi connectivity index (χ1) is 4.33. The Bertz CT molecular complexity index is 224. The van der Waals surface area contributed by atoms with E-state index in [0.717, 1.165) is 0 Å². The first kappa shape index (κ1) is 13.9. The van der Waals surface area contributed by atoms with Crippen molar-refractivity contribution < 1.29 is 52.4 Å². The molecule has 0 bridgehead atoms. The Hall–Kier alpha value is 0.340. The molecule has 0 rings (SSSR count). The normalized spacial score (nSPS) is 13.3. The average molecular weight is 191 g/mol. The Labute approximate surface area is 85.8 Å². The van der Waals surface area contributed by atoms with Crippen LogP contribution in [0.3, 0.4) is 0 Å². The van der Waals surface area contributed by atoms with E-state index in [4.69, 9.17) is 10.8 Å². The minimum Gasteiger partial charge on any atom is -0.748 e. The average Bonchev–Trinajstić information content (AvgIpc) is 1.60. The first-order valence-corrected chi connectivity index (χ1v) is 3.82. The van der Waals surface area contributed by atoms with Crippen LogP contribution in [-0.2, 0) is 14.9 Å². The molecule has 0 aromatic heterocycles. The van der Waals surface area contributed by atoms with Crippen molar-refractivity contribution in [1.82, 2.24) is 0 Å². The van der Waals surface area contributed by atoms with Crippen molar-refractivity contribution in [2.24, 2.45) is 5.73 Å². The van der Waals surface area contributed by atoms with Crippen LogP contribution in [0.1, 0.15) is 0 Å². The number of carboxylic acid groups (broad SMARTS) is 1.